The molecular formula is C9H9BF3-. The molecule has 1 rings (SSSR count). The average molecular weight is 185 g/mol. The van der Waals surface area contributed by atoms with E-state index in [9.17, 15) is 12.9 Å². The van der Waals surface area contributed by atoms with Crippen molar-refractivity contribution in [3.63, 3.8) is 0 Å². The van der Waals surface area contributed by atoms with E-state index in [0.29, 0.717) is 11.5 Å². The topological polar surface area (TPSA) is 0 Å². The van der Waals surface area contributed by atoms with Gasteiger partial charge in [0.1, 0.15) is 0 Å². The molecule has 1 aromatic rings. The van der Waals surface area contributed by atoms with Crippen molar-refractivity contribution in [3.05, 3.63) is 41.4 Å². The molecule has 0 bridgehead atoms. The largest absolute Gasteiger partial charge is 0.502 e. The molecule has 0 saturated carbocycles. The van der Waals surface area contributed by atoms with Crippen molar-refractivity contribution < 1.29 is 12.9 Å². The molecule has 0 atom stereocenters. The monoisotopic (exact) mass is 185 g/mol. The molecule has 1 aromatic carbocycles. The van der Waals surface area contributed by atoms with E-state index in [2.05, 4.69) is 0 Å². The number of halogens is 3. The van der Waals surface area contributed by atoms with Gasteiger partial charge in [-0.25, -0.2) is 0 Å². The number of hydrogen-bond acceptors (Lipinski definition) is 0. The van der Waals surface area contributed by atoms with Gasteiger partial charge in [0, 0.05) is 0 Å². The maximum Gasteiger partial charge on any atom is 0.502 e. The molecule has 0 spiro atoms. The molecule has 70 valence electrons. The molecule has 4 heteroatoms. The maximum absolute atomic E-state index is 11.8. The van der Waals surface area contributed by atoms with E-state index in [-0.39, 0.29) is 0 Å². The van der Waals surface area contributed by atoms with Gasteiger partial charge in [-0.15, -0.1) is 5.98 Å². The molecule has 0 aliphatic carbocycles. The summed E-state index contributed by atoms with van der Waals surface area (Å²) in [4.78, 5) is 0. The van der Waals surface area contributed by atoms with Crippen LogP contribution in [-0.2, 0) is 0 Å². The van der Waals surface area contributed by atoms with Crippen LogP contribution in [0.15, 0.2) is 30.2 Å². The van der Waals surface area contributed by atoms with Gasteiger partial charge >= 0.3 is 6.98 Å². The van der Waals surface area contributed by atoms with Crippen LogP contribution < -0.4 is 0 Å². The van der Waals surface area contributed by atoms with Crippen molar-refractivity contribution in [3.8, 4) is 0 Å². The molecule has 0 fully saturated rings. The van der Waals surface area contributed by atoms with Crippen molar-refractivity contribution in [2.24, 2.45) is 0 Å². The normalized spacial score (nSPS) is 12.3. The first-order valence-corrected chi connectivity index (χ1v) is 3.93. The Balaban J connectivity index is 2.75. The summed E-state index contributed by atoms with van der Waals surface area (Å²) < 4.78 is 35.4. The molecule has 0 radical (unpaired) electrons. The van der Waals surface area contributed by atoms with Gasteiger partial charge in [-0.05, 0) is 12.5 Å². The lowest BCUT2D eigenvalue weighted by atomic mass is 9.90. The first-order valence-electron chi connectivity index (χ1n) is 3.93. The second-order valence-corrected chi connectivity index (χ2v) is 2.90. The minimum Gasteiger partial charge on any atom is -0.445 e. The average Bonchev–Trinajstić information content (AvgIpc) is 2.02. The van der Waals surface area contributed by atoms with Crippen LogP contribution in [0.25, 0.3) is 6.08 Å². The Morgan fingerprint density at radius 1 is 1.08 bits per heavy atom. The van der Waals surface area contributed by atoms with Crippen LogP contribution in [0.5, 0.6) is 0 Å². The SMILES string of the molecule is Cc1ccc(C=C[B-](F)(F)F)cc1. The highest BCUT2D eigenvalue weighted by Gasteiger charge is 2.16. The number of hydrogen-bond donors (Lipinski definition) is 0. The number of aryl methyl sites for hydroxylation is 1. The van der Waals surface area contributed by atoms with Gasteiger partial charge in [0.2, 0.25) is 0 Å². The van der Waals surface area contributed by atoms with Crippen LogP contribution in [0.4, 0.5) is 12.9 Å². The van der Waals surface area contributed by atoms with Gasteiger partial charge in [0.05, 0.1) is 0 Å². The van der Waals surface area contributed by atoms with Crippen molar-refractivity contribution in [2.75, 3.05) is 0 Å². The second kappa shape index (κ2) is 3.68. The maximum atomic E-state index is 11.8. The summed E-state index contributed by atoms with van der Waals surface area (Å²) in [7, 11) is 0. The van der Waals surface area contributed by atoms with Gasteiger partial charge in [-0.3, -0.25) is 0 Å². The lowest BCUT2D eigenvalue weighted by molar-refractivity contribution is 0.499. The highest BCUT2D eigenvalue weighted by Crippen LogP contribution is 2.13. The summed E-state index contributed by atoms with van der Waals surface area (Å²) in [5, 5.41) is 0. The third-order valence-electron chi connectivity index (χ3n) is 1.58. The molecular weight excluding hydrogens is 176 g/mol. The second-order valence-electron chi connectivity index (χ2n) is 2.90. The van der Waals surface area contributed by atoms with E-state index in [1.165, 1.54) is 0 Å². The minimum atomic E-state index is -4.82. The quantitative estimate of drug-likeness (QED) is 0.619. The summed E-state index contributed by atoms with van der Waals surface area (Å²) in [6, 6.07) is 6.88. The molecule has 0 amide bonds. The predicted octanol–water partition coefficient (Wildman–Crippen LogP) is 3.39. The van der Waals surface area contributed by atoms with E-state index in [1.54, 1.807) is 24.3 Å². The minimum absolute atomic E-state index is 0.296. The summed E-state index contributed by atoms with van der Waals surface area (Å²) in [6.45, 7) is -2.93. The van der Waals surface area contributed by atoms with Gasteiger partial charge in [0.25, 0.3) is 0 Å². The Kier molecular flexibility index (Phi) is 2.81. The van der Waals surface area contributed by atoms with Crippen LogP contribution >= 0.6 is 0 Å². The first-order chi connectivity index (χ1) is 5.97. The zero-order valence-electron chi connectivity index (χ0n) is 7.18. The van der Waals surface area contributed by atoms with Gasteiger partial charge in [0.15, 0.2) is 0 Å². The highest BCUT2D eigenvalue weighted by molar-refractivity contribution is 6.64. The molecule has 0 aliphatic heterocycles. The zero-order chi connectivity index (χ0) is 9.90. The van der Waals surface area contributed by atoms with E-state index in [4.69, 9.17) is 0 Å². The smallest absolute Gasteiger partial charge is 0.445 e. The fourth-order valence-electron chi connectivity index (χ4n) is 0.898. The Hall–Kier alpha value is -1.19. The molecule has 0 heterocycles. The molecule has 0 aliphatic rings. The highest BCUT2D eigenvalue weighted by atomic mass is 19.4. The number of rotatable bonds is 2. The van der Waals surface area contributed by atoms with Gasteiger partial charge < -0.3 is 12.9 Å². The van der Waals surface area contributed by atoms with E-state index < -0.39 is 6.98 Å². The van der Waals surface area contributed by atoms with Crippen LogP contribution in [0.1, 0.15) is 11.1 Å². The third-order valence-corrected chi connectivity index (χ3v) is 1.58. The van der Waals surface area contributed by atoms with E-state index >= 15 is 0 Å². The Morgan fingerprint density at radius 2 is 1.62 bits per heavy atom. The lowest BCUT2D eigenvalue weighted by Crippen LogP contribution is -2.09. The molecule has 0 saturated heterocycles. The van der Waals surface area contributed by atoms with Crippen molar-refractivity contribution in [1.29, 1.82) is 0 Å². The standard InChI is InChI=1S/C9H9BF3/c1-8-2-4-9(5-3-8)6-7-10(11,12)13/h2-7H,1H3/q-1. The lowest BCUT2D eigenvalue weighted by Gasteiger charge is -2.06. The molecule has 0 N–H and O–H groups in total. The fraction of sp³-hybridized carbons (Fsp3) is 0.111. The molecule has 13 heavy (non-hydrogen) atoms. The predicted molar refractivity (Wildman–Crippen MR) is 49.3 cm³/mol. The fourth-order valence-corrected chi connectivity index (χ4v) is 0.898. The summed E-state index contributed by atoms with van der Waals surface area (Å²) in [5.74, 6) is 0.296. The Bertz CT molecular complexity index is 298. The van der Waals surface area contributed by atoms with Crippen LogP contribution in [-0.4, -0.2) is 6.98 Å². The zero-order valence-corrected chi connectivity index (χ0v) is 7.18. The van der Waals surface area contributed by atoms with E-state index in [0.717, 1.165) is 11.6 Å². The van der Waals surface area contributed by atoms with Crippen LogP contribution in [0.2, 0.25) is 0 Å². The van der Waals surface area contributed by atoms with Crippen molar-refractivity contribution >= 4 is 13.1 Å². The van der Waals surface area contributed by atoms with Gasteiger partial charge in [-0.1, -0.05) is 35.9 Å². The summed E-state index contributed by atoms with van der Waals surface area (Å²) in [5.41, 5.74) is 1.61. The van der Waals surface area contributed by atoms with Crippen molar-refractivity contribution in [1.82, 2.24) is 0 Å². The first kappa shape index (κ1) is 9.90. The Labute approximate surface area is 75.1 Å². The van der Waals surface area contributed by atoms with Gasteiger partial charge in [-0.2, -0.15) is 0 Å². The molecule has 0 unspecified atom stereocenters. The number of benzene rings is 1. The van der Waals surface area contributed by atoms with Crippen LogP contribution in [0, 0.1) is 6.92 Å². The van der Waals surface area contributed by atoms with Crippen molar-refractivity contribution in [2.45, 2.75) is 6.92 Å². The molecule has 0 nitrogen and oxygen atoms in total. The summed E-state index contributed by atoms with van der Waals surface area (Å²) in [6.07, 6.45) is 1.08. The van der Waals surface area contributed by atoms with Crippen LogP contribution in [0.3, 0.4) is 0 Å². The Morgan fingerprint density at radius 3 is 2.08 bits per heavy atom. The summed E-state index contributed by atoms with van der Waals surface area (Å²) >= 11 is 0. The van der Waals surface area contributed by atoms with E-state index in [1.807, 2.05) is 6.92 Å². The molecule has 0 aromatic heterocycles. The third kappa shape index (κ3) is 3.83.